The molecule has 0 saturated carbocycles. The van der Waals surface area contributed by atoms with Crippen molar-refractivity contribution < 1.29 is 33.4 Å². The van der Waals surface area contributed by atoms with Crippen LogP contribution in [-0.4, -0.2) is 51.7 Å². The number of ether oxygens (including phenoxy) is 2. The molecule has 1 aliphatic carbocycles. The van der Waals surface area contributed by atoms with E-state index in [9.17, 15) is 19.5 Å². The van der Waals surface area contributed by atoms with Gasteiger partial charge in [0, 0.05) is 24.6 Å². The highest BCUT2D eigenvalue weighted by Crippen LogP contribution is 2.44. The van der Waals surface area contributed by atoms with E-state index in [2.05, 4.69) is 23.0 Å². The molecule has 2 amide bonds. The first-order chi connectivity index (χ1) is 24.9. The van der Waals surface area contributed by atoms with Crippen molar-refractivity contribution in [2.45, 2.75) is 59.2 Å². The van der Waals surface area contributed by atoms with E-state index in [0.717, 1.165) is 44.5 Å². The van der Waals surface area contributed by atoms with Crippen molar-refractivity contribution in [3.63, 3.8) is 0 Å². The molecule has 0 fully saturated rings. The molecule has 0 saturated heterocycles. The van der Waals surface area contributed by atoms with E-state index in [4.69, 9.17) is 18.9 Å². The van der Waals surface area contributed by atoms with Crippen LogP contribution in [-0.2, 0) is 27.4 Å². The highest BCUT2D eigenvalue weighted by Gasteiger charge is 2.31. The highest BCUT2D eigenvalue weighted by molar-refractivity contribution is 5.81. The van der Waals surface area contributed by atoms with E-state index in [1.54, 1.807) is 0 Å². The highest BCUT2D eigenvalue weighted by atomic mass is 16.6. The van der Waals surface area contributed by atoms with E-state index in [-0.39, 0.29) is 25.6 Å². The fraction of sp³-hybridized carbons (Fsp3) is 0.268. The summed E-state index contributed by atoms with van der Waals surface area (Å²) in [4.78, 5) is 44.4. The minimum absolute atomic E-state index is 0.0982. The van der Waals surface area contributed by atoms with Gasteiger partial charge in [-0.2, -0.15) is 0 Å². The Balaban J connectivity index is 1.14. The molecule has 11 nitrogen and oxygen atoms in total. The number of carboxylic acids is 1. The largest absolute Gasteiger partial charge is 0.478 e. The Morgan fingerprint density at radius 2 is 1.44 bits per heavy atom. The number of nitrogens with zero attached hydrogens (tertiary/aromatic N) is 2. The maximum atomic E-state index is 13.3. The van der Waals surface area contributed by atoms with E-state index in [1.165, 1.54) is 13.8 Å². The van der Waals surface area contributed by atoms with Gasteiger partial charge in [0.05, 0.1) is 12.2 Å². The van der Waals surface area contributed by atoms with Gasteiger partial charge in [0.15, 0.2) is 5.60 Å². The van der Waals surface area contributed by atoms with Gasteiger partial charge in [-0.05, 0) is 85.7 Å². The molecule has 0 aliphatic heterocycles. The summed E-state index contributed by atoms with van der Waals surface area (Å²) < 4.78 is 17.5. The van der Waals surface area contributed by atoms with Gasteiger partial charge in [-0.3, -0.25) is 15.1 Å². The van der Waals surface area contributed by atoms with Gasteiger partial charge in [-0.25, -0.2) is 20.0 Å². The smallest absolute Gasteiger partial charge is 0.426 e. The predicted octanol–water partition coefficient (Wildman–Crippen LogP) is 7.08. The average molecular weight is 703 g/mol. The van der Waals surface area contributed by atoms with Crippen molar-refractivity contribution in [3.8, 4) is 28.3 Å². The number of oxazole rings is 1. The lowest BCUT2D eigenvalue weighted by Gasteiger charge is -2.26. The number of aromatic nitrogens is 1. The molecule has 1 aromatic heterocycles. The fourth-order valence-electron chi connectivity index (χ4n) is 6.51. The van der Waals surface area contributed by atoms with Gasteiger partial charge < -0.3 is 19.0 Å². The fourth-order valence-corrected chi connectivity index (χ4v) is 6.51. The Kier molecular flexibility index (Phi) is 10.4. The van der Waals surface area contributed by atoms with Crippen LogP contribution in [0.15, 0.2) is 95.4 Å². The van der Waals surface area contributed by atoms with Crippen LogP contribution in [0.25, 0.3) is 22.6 Å². The number of amides is 2. The van der Waals surface area contributed by atoms with Gasteiger partial charge >= 0.3 is 12.1 Å². The lowest BCUT2D eigenvalue weighted by atomic mass is 9.98. The number of carbonyl (C=O) groups excluding carboxylic acids is 2. The molecule has 1 aliphatic rings. The minimum atomic E-state index is -1.41. The average Bonchev–Trinajstić information content (AvgIpc) is 3.65. The van der Waals surface area contributed by atoms with Crippen molar-refractivity contribution in [1.82, 2.24) is 20.7 Å². The minimum Gasteiger partial charge on any atom is -0.478 e. The molecule has 0 bridgehead atoms. The van der Waals surface area contributed by atoms with Crippen LogP contribution in [0, 0.1) is 20.8 Å². The van der Waals surface area contributed by atoms with Gasteiger partial charge in [-0.15, -0.1) is 0 Å². The maximum Gasteiger partial charge on any atom is 0.426 e. The van der Waals surface area contributed by atoms with Crippen LogP contribution < -0.4 is 15.6 Å². The number of carboxylic acid groups (broad SMARTS) is 1. The molecule has 0 atom stereocenters. The van der Waals surface area contributed by atoms with E-state index in [1.807, 2.05) is 105 Å². The number of aliphatic carboxylic acids is 1. The van der Waals surface area contributed by atoms with Crippen LogP contribution in [0.4, 0.5) is 4.79 Å². The molecule has 11 heteroatoms. The van der Waals surface area contributed by atoms with Gasteiger partial charge in [0.25, 0.3) is 5.91 Å². The Bertz CT molecular complexity index is 2040. The number of carbonyl (C=O) groups is 3. The lowest BCUT2D eigenvalue weighted by molar-refractivity contribution is -0.152. The number of nitrogens with one attached hydrogen (secondary N) is 2. The third kappa shape index (κ3) is 8.00. The molecule has 52 heavy (non-hydrogen) atoms. The lowest BCUT2D eigenvalue weighted by Crippen LogP contribution is -2.46. The topological polar surface area (TPSA) is 143 Å². The molecule has 0 unspecified atom stereocenters. The normalized spacial score (nSPS) is 12.3. The van der Waals surface area contributed by atoms with Gasteiger partial charge in [0.2, 0.25) is 5.89 Å². The van der Waals surface area contributed by atoms with E-state index < -0.39 is 23.6 Å². The van der Waals surface area contributed by atoms with E-state index >= 15 is 0 Å². The summed E-state index contributed by atoms with van der Waals surface area (Å²) in [7, 11) is 0. The summed E-state index contributed by atoms with van der Waals surface area (Å²) in [5.74, 6) is -0.0642. The van der Waals surface area contributed by atoms with Crippen LogP contribution in [0.2, 0.25) is 0 Å². The van der Waals surface area contributed by atoms with Crippen LogP contribution in [0.1, 0.15) is 59.0 Å². The zero-order chi connectivity index (χ0) is 37.0. The predicted molar refractivity (Wildman–Crippen MR) is 195 cm³/mol. The SMILES string of the molecule is Cc1cc(CN(CC(=O)NNC(=O)OCC2c3ccccc3-c3ccccc32)Cc2nc(-c3ccccc3)oc2C)cc(C)c1OC(C)(C)C(=O)O. The Hall–Kier alpha value is -5.94. The Morgan fingerprint density at radius 3 is 2.06 bits per heavy atom. The Labute approximate surface area is 302 Å². The summed E-state index contributed by atoms with van der Waals surface area (Å²) >= 11 is 0. The summed E-state index contributed by atoms with van der Waals surface area (Å²) in [5, 5.41) is 9.59. The molecular weight excluding hydrogens is 660 g/mol. The maximum absolute atomic E-state index is 13.3. The van der Waals surface area contributed by atoms with Crippen LogP contribution in [0.3, 0.4) is 0 Å². The molecule has 1 heterocycles. The molecule has 0 spiro atoms. The first-order valence-corrected chi connectivity index (χ1v) is 17.1. The third-order valence-electron chi connectivity index (χ3n) is 9.10. The third-order valence-corrected chi connectivity index (χ3v) is 9.10. The first kappa shape index (κ1) is 35.9. The molecule has 5 aromatic rings. The van der Waals surface area contributed by atoms with Gasteiger partial charge in [-0.1, -0.05) is 78.9 Å². The summed E-state index contributed by atoms with van der Waals surface area (Å²) in [6, 6.07) is 29.5. The number of aryl methyl sites for hydroxylation is 3. The molecule has 4 aromatic carbocycles. The zero-order valence-corrected chi connectivity index (χ0v) is 29.9. The Morgan fingerprint density at radius 1 is 0.846 bits per heavy atom. The molecule has 6 rings (SSSR count). The quantitative estimate of drug-likeness (QED) is 0.116. The van der Waals surface area contributed by atoms with Crippen molar-refractivity contribution in [1.29, 1.82) is 0 Å². The molecule has 0 radical (unpaired) electrons. The number of benzene rings is 4. The number of fused-ring (bicyclic) bond motifs is 3. The number of hydrogen-bond acceptors (Lipinski definition) is 8. The standard InChI is InChI=1S/C41H42N4O7/c1-25-19-28(20-26(2)37(25)52-41(4,5)39(47)48)21-45(22-35-27(3)51-38(42-35)29-13-7-6-8-14-29)23-36(46)43-44-40(49)50-24-34-32-17-11-9-15-30(32)31-16-10-12-18-33(31)34/h6-20,34H,21-24H2,1-5H3,(H,43,46)(H,44,49)(H,47,48). The van der Waals surface area contributed by atoms with Crippen molar-refractivity contribution in [3.05, 3.63) is 130 Å². The number of hydrazine groups is 1. The second kappa shape index (κ2) is 15.1. The second-order valence-corrected chi connectivity index (χ2v) is 13.5. The molecule has 268 valence electrons. The van der Waals surface area contributed by atoms with Gasteiger partial charge in [0.1, 0.15) is 18.1 Å². The second-order valence-electron chi connectivity index (χ2n) is 13.5. The van der Waals surface area contributed by atoms with Crippen LogP contribution >= 0.6 is 0 Å². The van der Waals surface area contributed by atoms with Crippen molar-refractivity contribution in [2.75, 3.05) is 13.2 Å². The number of hydrogen-bond donors (Lipinski definition) is 3. The summed E-state index contributed by atoms with van der Waals surface area (Å²) in [6.07, 6.45) is -0.771. The van der Waals surface area contributed by atoms with Crippen molar-refractivity contribution in [2.24, 2.45) is 0 Å². The molecular formula is C41H42N4O7. The van der Waals surface area contributed by atoms with Crippen LogP contribution in [0.5, 0.6) is 5.75 Å². The van der Waals surface area contributed by atoms with E-state index in [0.29, 0.717) is 29.6 Å². The summed E-state index contributed by atoms with van der Waals surface area (Å²) in [5.41, 5.74) is 11.8. The monoisotopic (exact) mass is 702 g/mol. The van der Waals surface area contributed by atoms with Crippen molar-refractivity contribution >= 4 is 18.0 Å². The zero-order valence-electron chi connectivity index (χ0n) is 29.9. The number of rotatable bonds is 12. The summed E-state index contributed by atoms with van der Waals surface area (Å²) in [6.45, 7) is 9.15. The first-order valence-electron chi connectivity index (χ1n) is 17.1. The molecule has 3 N–H and O–H groups in total.